The van der Waals surface area contributed by atoms with Crippen LogP contribution in [0.2, 0.25) is 0 Å². The van der Waals surface area contributed by atoms with E-state index in [1.807, 2.05) is 25.1 Å². The number of carboxylic acid groups (broad SMARTS) is 1. The molecule has 0 amide bonds. The molecule has 3 heteroatoms. The third-order valence-electron chi connectivity index (χ3n) is 2.15. The lowest BCUT2D eigenvalue weighted by atomic mass is 10.1. The molecular weight excluding hydrogens is 216 g/mol. The Bertz CT molecular complexity index is 433. The SMILES string of the molecule is C=CCCOc1ccc(C)cc1C=CC(=O)O. The van der Waals surface area contributed by atoms with Gasteiger partial charge in [-0.05, 0) is 31.6 Å². The summed E-state index contributed by atoms with van der Waals surface area (Å²) in [5.74, 6) is -0.279. The van der Waals surface area contributed by atoms with Crippen LogP contribution in [-0.2, 0) is 4.79 Å². The predicted octanol–water partition coefficient (Wildman–Crippen LogP) is 3.05. The minimum Gasteiger partial charge on any atom is -0.493 e. The largest absolute Gasteiger partial charge is 0.493 e. The first-order valence-electron chi connectivity index (χ1n) is 5.39. The van der Waals surface area contributed by atoms with Gasteiger partial charge in [0.15, 0.2) is 0 Å². The van der Waals surface area contributed by atoms with E-state index < -0.39 is 5.97 Å². The zero-order chi connectivity index (χ0) is 12.7. The van der Waals surface area contributed by atoms with Crippen molar-refractivity contribution < 1.29 is 14.6 Å². The Hall–Kier alpha value is -2.03. The number of ether oxygens (including phenoxy) is 1. The molecule has 0 atom stereocenters. The molecule has 0 saturated carbocycles. The van der Waals surface area contributed by atoms with Crippen molar-refractivity contribution >= 4 is 12.0 Å². The van der Waals surface area contributed by atoms with E-state index in [4.69, 9.17) is 9.84 Å². The zero-order valence-corrected chi connectivity index (χ0v) is 9.85. The first kappa shape index (κ1) is 13.0. The summed E-state index contributed by atoms with van der Waals surface area (Å²) in [6.07, 6.45) is 5.19. The molecule has 0 aliphatic carbocycles. The van der Waals surface area contributed by atoms with E-state index in [2.05, 4.69) is 6.58 Å². The molecule has 3 nitrogen and oxygen atoms in total. The van der Waals surface area contributed by atoms with E-state index in [9.17, 15) is 4.79 Å². The van der Waals surface area contributed by atoms with Gasteiger partial charge in [0.2, 0.25) is 0 Å². The second-order valence-electron chi connectivity index (χ2n) is 3.64. The highest BCUT2D eigenvalue weighted by Gasteiger charge is 2.01. The van der Waals surface area contributed by atoms with Gasteiger partial charge in [0.05, 0.1) is 6.61 Å². The molecule has 0 aliphatic rings. The van der Waals surface area contributed by atoms with Crippen LogP contribution >= 0.6 is 0 Å². The fourth-order valence-electron chi connectivity index (χ4n) is 1.34. The Balaban J connectivity index is 2.87. The van der Waals surface area contributed by atoms with Gasteiger partial charge < -0.3 is 9.84 Å². The van der Waals surface area contributed by atoms with E-state index >= 15 is 0 Å². The van der Waals surface area contributed by atoms with Gasteiger partial charge in [-0.2, -0.15) is 0 Å². The van der Waals surface area contributed by atoms with Crippen molar-refractivity contribution in [1.29, 1.82) is 0 Å². The second-order valence-corrected chi connectivity index (χ2v) is 3.64. The number of aliphatic carboxylic acids is 1. The second kappa shape index (κ2) is 6.53. The van der Waals surface area contributed by atoms with Gasteiger partial charge in [-0.15, -0.1) is 6.58 Å². The summed E-state index contributed by atoms with van der Waals surface area (Å²) in [4.78, 5) is 10.5. The summed E-state index contributed by atoms with van der Waals surface area (Å²) in [5, 5.41) is 8.61. The van der Waals surface area contributed by atoms with Gasteiger partial charge in [-0.1, -0.05) is 17.7 Å². The van der Waals surface area contributed by atoms with E-state index in [1.54, 1.807) is 12.2 Å². The van der Waals surface area contributed by atoms with E-state index in [-0.39, 0.29) is 0 Å². The first-order chi connectivity index (χ1) is 8.13. The zero-order valence-electron chi connectivity index (χ0n) is 9.85. The molecule has 0 aromatic heterocycles. The van der Waals surface area contributed by atoms with Gasteiger partial charge in [0.25, 0.3) is 0 Å². The van der Waals surface area contributed by atoms with E-state index in [1.165, 1.54) is 0 Å². The van der Waals surface area contributed by atoms with Crippen molar-refractivity contribution in [3.63, 3.8) is 0 Å². The number of hydrogen-bond donors (Lipinski definition) is 1. The highest BCUT2D eigenvalue weighted by atomic mass is 16.5. The molecule has 1 aromatic carbocycles. The lowest BCUT2D eigenvalue weighted by Gasteiger charge is -2.08. The lowest BCUT2D eigenvalue weighted by Crippen LogP contribution is -1.98. The Morgan fingerprint density at radius 2 is 2.29 bits per heavy atom. The van der Waals surface area contributed by atoms with Crippen molar-refractivity contribution in [2.45, 2.75) is 13.3 Å². The van der Waals surface area contributed by atoms with Crippen molar-refractivity contribution in [3.8, 4) is 5.75 Å². The molecule has 0 heterocycles. The number of benzene rings is 1. The van der Waals surface area contributed by atoms with Gasteiger partial charge >= 0.3 is 5.97 Å². The minimum atomic E-state index is -0.969. The van der Waals surface area contributed by atoms with Gasteiger partial charge in [0, 0.05) is 11.6 Å². The molecule has 1 N–H and O–H groups in total. The standard InChI is InChI=1S/C14H16O3/c1-3-4-9-17-13-7-5-11(2)10-12(13)6-8-14(15)16/h3,5-8,10H,1,4,9H2,2H3,(H,15,16). The van der Waals surface area contributed by atoms with Crippen molar-refractivity contribution in [2.75, 3.05) is 6.61 Å². The van der Waals surface area contributed by atoms with Crippen molar-refractivity contribution in [1.82, 2.24) is 0 Å². The first-order valence-corrected chi connectivity index (χ1v) is 5.39. The molecule has 90 valence electrons. The van der Waals surface area contributed by atoms with Crippen molar-refractivity contribution in [3.05, 3.63) is 48.1 Å². The van der Waals surface area contributed by atoms with Gasteiger partial charge in [-0.3, -0.25) is 0 Å². The maximum Gasteiger partial charge on any atom is 0.328 e. The Morgan fingerprint density at radius 3 is 2.94 bits per heavy atom. The number of hydrogen-bond acceptors (Lipinski definition) is 2. The van der Waals surface area contributed by atoms with Crippen LogP contribution in [0.4, 0.5) is 0 Å². The van der Waals surface area contributed by atoms with Gasteiger partial charge in [-0.25, -0.2) is 4.79 Å². The summed E-state index contributed by atoms with van der Waals surface area (Å²) < 4.78 is 5.55. The topological polar surface area (TPSA) is 46.5 Å². The van der Waals surface area contributed by atoms with Crippen LogP contribution in [0.15, 0.2) is 36.9 Å². The molecule has 0 radical (unpaired) electrons. The summed E-state index contributed by atoms with van der Waals surface area (Å²) >= 11 is 0. The van der Waals surface area contributed by atoms with Crippen LogP contribution < -0.4 is 4.74 Å². The Labute approximate surface area is 101 Å². The molecule has 0 fully saturated rings. The highest BCUT2D eigenvalue weighted by molar-refractivity contribution is 5.85. The lowest BCUT2D eigenvalue weighted by molar-refractivity contribution is -0.131. The van der Waals surface area contributed by atoms with Crippen molar-refractivity contribution in [2.24, 2.45) is 0 Å². The molecule has 0 bridgehead atoms. The maximum absolute atomic E-state index is 10.5. The van der Waals surface area contributed by atoms with Crippen LogP contribution in [0.5, 0.6) is 5.75 Å². The quantitative estimate of drug-likeness (QED) is 0.466. The predicted molar refractivity (Wildman–Crippen MR) is 68.2 cm³/mol. The average Bonchev–Trinajstić information content (AvgIpc) is 2.29. The Kier molecular flexibility index (Phi) is 5.01. The smallest absolute Gasteiger partial charge is 0.328 e. The van der Waals surface area contributed by atoms with Crippen LogP contribution in [0.1, 0.15) is 17.5 Å². The molecule has 0 unspecified atom stereocenters. The normalized spacial score (nSPS) is 10.4. The summed E-state index contributed by atoms with van der Waals surface area (Å²) in [7, 11) is 0. The Morgan fingerprint density at radius 1 is 1.53 bits per heavy atom. The number of rotatable bonds is 6. The molecule has 0 saturated heterocycles. The summed E-state index contributed by atoms with van der Waals surface area (Å²) in [5.41, 5.74) is 1.84. The van der Waals surface area contributed by atoms with Crippen LogP contribution in [0.25, 0.3) is 6.08 Å². The monoisotopic (exact) mass is 232 g/mol. The van der Waals surface area contributed by atoms with Crippen LogP contribution in [-0.4, -0.2) is 17.7 Å². The van der Waals surface area contributed by atoms with E-state index in [0.29, 0.717) is 12.4 Å². The third kappa shape index (κ3) is 4.55. The highest BCUT2D eigenvalue weighted by Crippen LogP contribution is 2.21. The average molecular weight is 232 g/mol. The molecular formula is C14H16O3. The van der Waals surface area contributed by atoms with Crippen LogP contribution in [0.3, 0.4) is 0 Å². The van der Waals surface area contributed by atoms with Crippen LogP contribution in [0, 0.1) is 6.92 Å². The number of carbonyl (C=O) groups is 1. The molecule has 17 heavy (non-hydrogen) atoms. The third-order valence-corrected chi connectivity index (χ3v) is 2.15. The molecule has 0 aliphatic heterocycles. The molecule has 1 rings (SSSR count). The maximum atomic E-state index is 10.5. The molecule has 1 aromatic rings. The summed E-state index contributed by atoms with van der Waals surface area (Å²) in [6.45, 7) is 6.11. The summed E-state index contributed by atoms with van der Waals surface area (Å²) in [6, 6.07) is 5.67. The fourth-order valence-corrected chi connectivity index (χ4v) is 1.34. The minimum absolute atomic E-state index is 0.542. The van der Waals surface area contributed by atoms with Gasteiger partial charge in [0.1, 0.15) is 5.75 Å². The molecule has 0 spiro atoms. The number of carboxylic acids is 1. The fraction of sp³-hybridized carbons (Fsp3) is 0.214. The van der Waals surface area contributed by atoms with E-state index in [0.717, 1.165) is 23.6 Å². The number of aryl methyl sites for hydroxylation is 1.